The van der Waals surface area contributed by atoms with Crippen molar-refractivity contribution < 1.29 is 0 Å². The molecule has 2 heteroatoms. The molecule has 0 amide bonds. The molecule has 2 nitrogen and oxygen atoms in total. The quantitative estimate of drug-likeness (QED) is 0.714. The van der Waals surface area contributed by atoms with Crippen molar-refractivity contribution in [1.82, 2.24) is 4.90 Å². The molecule has 2 atom stereocenters. The molecule has 88 valence electrons. The van der Waals surface area contributed by atoms with Crippen molar-refractivity contribution >= 4 is 5.69 Å². The lowest BCUT2D eigenvalue weighted by Gasteiger charge is -2.43. The number of hydrogen-bond donors (Lipinski definition) is 0. The maximum absolute atomic E-state index is 2.49. The van der Waals surface area contributed by atoms with Gasteiger partial charge in [-0.3, -0.25) is 4.90 Å². The molecular formula is C14H22N2. The normalized spacial score (nSPS) is 27.1. The van der Waals surface area contributed by atoms with Crippen molar-refractivity contribution in [2.45, 2.75) is 32.9 Å². The first kappa shape index (κ1) is 11.5. The minimum Gasteiger partial charge on any atom is -0.368 e. The van der Waals surface area contributed by atoms with Gasteiger partial charge in [-0.05, 0) is 40.0 Å². The van der Waals surface area contributed by atoms with Crippen molar-refractivity contribution in [3.05, 3.63) is 29.8 Å². The summed E-state index contributed by atoms with van der Waals surface area (Å²) in [4.78, 5) is 4.96. The van der Waals surface area contributed by atoms with Gasteiger partial charge in [0.2, 0.25) is 0 Å². The van der Waals surface area contributed by atoms with Gasteiger partial charge in [0.1, 0.15) is 0 Å². The molecule has 1 aliphatic rings. The highest BCUT2D eigenvalue weighted by Gasteiger charge is 2.26. The van der Waals surface area contributed by atoms with Crippen LogP contribution in [-0.4, -0.2) is 37.1 Å². The summed E-state index contributed by atoms with van der Waals surface area (Å²) in [6.45, 7) is 9.00. The number of benzene rings is 1. The molecule has 1 aromatic carbocycles. The summed E-state index contributed by atoms with van der Waals surface area (Å²) in [6.07, 6.45) is 0. The fourth-order valence-corrected chi connectivity index (χ4v) is 2.37. The van der Waals surface area contributed by atoms with Gasteiger partial charge in [0.25, 0.3) is 0 Å². The van der Waals surface area contributed by atoms with Gasteiger partial charge >= 0.3 is 0 Å². The second-order valence-corrected chi connectivity index (χ2v) is 5.10. The third kappa shape index (κ3) is 2.22. The molecule has 1 aliphatic heterocycles. The number of anilines is 1. The van der Waals surface area contributed by atoms with Crippen LogP contribution in [-0.2, 0) is 0 Å². The van der Waals surface area contributed by atoms with Gasteiger partial charge in [0.05, 0.1) is 0 Å². The molecule has 1 saturated heterocycles. The molecule has 0 saturated carbocycles. The molecular weight excluding hydrogens is 196 g/mol. The zero-order valence-electron chi connectivity index (χ0n) is 10.8. The largest absolute Gasteiger partial charge is 0.368 e. The van der Waals surface area contributed by atoms with Gasteiger partial charge in [0, 0.05) is 30.9 Å². The first-order chi connectivity index (χ1) is 7.58. The van der Waals surface area contributed by atoms with E-state index in [2.05, 4.69) is 61.9 Å². The lowest BCUT2D eigenvalue weighted by atomic mass is 10.1. The predicted octanol–water partition coefficient (Wildman–Crippen LogP) is 2.52. The van der Waals surface area contributed by atoms with Crippen molar-refractivity contribution in [2.24, 2.45) is 0 Å². The maximum atomic E-state index is 2.49. The van der Waals surface area contributed by atoms with Crippen LogP contribution >= 0.6 is 0 Å². The van der Waals surface area contributed by atoms with Crippen LogP contribution in [0.4, 0.5) is 5.69 Å². The van der Waals surface area contributed by atoms with Crippen molar-refractivity contribution in [2.75, 3.05) is 25.0 Å². The monoisotopic (exact) mass is 218 g/mol. The summed E-state index contributed by atoms with van der Waals surface area (Å²) in [6, 6.07) is 10.1. The molecule has 0 unspecified atom stereocenters. The number of likely N-dealkylation sites (N-methyl/N-ethyl adjacent to an activating group) is 1. The molecule has 2 rings (SSSR count). The van der Waals surface area contributed by atoms with Crippen LogP contribution < -0.4 is 4.90 Å². The van der Waals surface area contributed by atoms with Gasteiger partial charge in [-0.25, -0.2) is 0 Å². The Balaban J connectivity index is 2.13. The second-order valence-electron chi connectivity index (χ2n) is 5.10. The topological polar surface area (TPSA) is 6.48 Å². The van der Waals surface area contributed by atoms with Crippen LogP contribution in [0.3, 0.4) is 0 Å². The Bertz CT molecular complexity index is 332. The Hall–Kier alpha value is -1.02. The Kier molecular flexibility index (Phi) is 3.20. The van der Waals surface area contributed by atoms with Crippen molar-refractivity contribution in [1.29, 1.82) is 0 Å². The predicted molar refractivity (Wildman–Crippen MR) is 70.1 cm³/mol. The summed E-state index contributed by atoms with van der Waals surface area (Å²) in [7, 11) is 2.22. The number of hydrogen-bond acceptors (Lipinski definition) is 2. The third-order valence-corrected chi connectivity index (χ3v) is 3.76. The van der Waals surface area contributed by atoms with E-state index in [9.17, 15) is 0 Å². The molecule has 0 aliphatic carbocycles. The number of rotatable bonds is 1. The highest BCUT2D eigenvalue weighted by molar-refractivity contribution is 5.48. The Morgan fingerprint density at radius 1 is 1.00 bits per heavy atom. The van der Waals surface area contributed by atoms with E-state index in [1.54, 1.807) is 0 Å². The SMILES string of the molecule is Cc1ccc(N2C[C@@H](C)N(C)[C@@H](C)C2)cc1. The summed E-state index contributed by atoms with van der Waals surface area (Å²) in [5.41, 5.74) is 2.69. The number of piperazine rings is 1. The highest BCUT2D eigenvalue weighted by atomic mass is 15.3. The highest BCUT2D eigenvalue weighted by Crippen LogP contribution is 2.21. The lowest BCUT2D eigenvalue weighted by Crippen LogP contribution is -2.55. The van der Waals surface area contributed by atoms with Crippen LogP contribution in [0.5, 0.6) is 0 Å². The van der Waals surface area contributed by atoms with E-state index in [0.29, 0.717) is 12.1 Å². The van der Waals surface area contributed by atoms with Gasteiger partial charge in [-0.15, -0.1) is 0 Å². The molecule has 1 heterocycles. The average molecular weight is 218 g/mol. The first-order valence-electron chi connectivity index (χ1n) is 6.11. The fourth-order valence-electron chi connectivity index (χ4n) is 2.37. The zero-order chi connectivity index (χ0) is 11.7. The van der Waals surface area contributed by atoms with E-state index in [0.717, 1.165) is 13.1 Å². The van der Waals surface area contributed by atoms with Crippen molar-refractivity contribution in [3.63, 3.8) is 0 Å². The maximum Gasteiger partial charge on any atom is 0.0367 e. The lowest BCUT2D eigenvalue weighted by molar-refractivity contribution is 0.170. The summed E-state index contributed by atoms with van der Waals surface area (Å²) in [5.74, 6) is 0. The minimum absolute atomic E-state index is 0.630. The van der Waals surface area contributed by atoms with E-state index >= 15 is 0 Å². The molecule has 16 heavy (non-hydrogen) atoms. The number of nitrogens with zero attached hydrogens (tertiary/aromatic N) is 2. The molecule has 0 spiro atoms. The summed E-state index contributed by atoms with van der Waals surface area (Å²) in [5, 5.41) is 0. The molecule has 1 fully saturated rings. The minimum atomic E-state index is 0.630. The second kappa shape index (κ2) is 4.46. The van der Waals surface area contributed by atoms with E-state index in [4.69, 9.17) is 0 Å². The van der Waals surface area contributed by atoms with Gasteiger partial charge in [0.15, 0.2) is 0 Å². The van der Waals surface area contributed by atoms with E-state index in [1.165, 1.54) is 11.3 Å². The van der Waals surface area contributed by atoms with E-state index < -0.39 is 0 Å². The molecule has 0 aromatic heterocycles. The van der Waals surface area contributed by atoms with Gasteiger partial charge < -0.3 is 4.90 Å². The van der Waals surface area contributed by atoms with Crippen molar-refractivity contribution in [3.8, 4) is 0 Å². The standard InChI is InChI=1S/C14H22N2/c1-11-5-7-14(8-6-11)16-9-12(2)15(4)13(3)10-16/h5-8,12-13H,9-10H2,1-4H3/t12-,13+. The van der Waals surface area contributed by atoms with Crippen LogP contribution in [0.25, 0.3) is 0 Å². The summed E-state index contributed by atoms with van der Waals surface area (Å²) < 4.78 is 0. The summed E-state index contributed by atoms with van der Waals surface area (Å²) >= 11 is 0. The van der Waals surface area contributed by atoms with Gasteiger partial charge in [-0.1, -0.05) is 17.7 Å². The van der Waals surface area contributed by atoms with Gasteiger partial charge in [-0.2, -0.15) is 0 Å². The first-order valence-corrected chi connectivity index (χ1v) is 6.11. The third-order valence-electron chi connectivity index (χ3n) is 3.76. The van der Waals surface area contributed by atoms with E-state index in [-0.39, 0.29) is 0 Å². The molecule has 1 aromatic rings. The Morgan fingerprint density at radius 2 is 1.50 bits per heavy atom. The Morgan fingerprint density at radius 3 is 2.00 bits per heavy atom. The number of aryl methyl sites for hydroxylation is 1. The van der Waals surface area contributed by atoms with Crippen LogP contribution in [0, 0.1) is 6.92 Å². The Labute approximate surface area is 98.9 Å². The fraction of sp³-hybridized carbons (Fsp3) is 0.571. The molecule has 0 radical (unpaired) electrons. The van der Waals surface area contributed by atoms with E-state index in [1.807, 2.05) is 0 Å². The molecule has 0 bridgehead atoms. The molecule has 0 N–H and O–H groups in total. The van der Waals surface area contributed by atoms with Crippen LogP contribution in [0.15, 0.2) is 24.3 Å². The van der Waals surface area contributed by atoms with Crippen LogP contribution in [0.2, 0.25) is 0 Å². The van der Waals surface area contributed by atoms with Crippen LogP contribution in [0.1, 0.15) is 19.4 Å². The average Bonchev–Trinajstić information content (AvgIpc) is 2.26. The smallest absolute Gasteiger partial charge is 0.0367 e. The zero-order valence-corrected chi connectivity index (χ0v) is 10.8.